The largest absolute Gasteiger partial charge is 0.327 e. The molecule has 2 aliphatic rings. The molecule has 2 unspecified atom stereocenters. The van der Waals surface area contributed by atoms with Crippen LogP contribution < -0.4 is 16.2 Å². The van der Waals surface area contributed by atoms with E-state index in [4.69, 9.17) is 0 Å². The van der Waals surface area contributed by atoms with Crippen molar-refractivity contribution in [2.45, 2.75) is 77.0 Å². The van der Waals surface area contributed by atoms with Crippen molar-refractivity contribution in [1.29, 1.82) is 0 Å². The second-order valence-electron chi connectivity index (χ2n) is 11.4. The second kappa shape index (κ2) is 14.1. The van der Waals surface area contributed by atoms with Crippen LogP contribution in [0.5, 0.6) is 0 Å². The zero-order valence-electron chi connectivity index (χ0n) is 24.2. The first kappa shape index (κ1) is 29.2. The summed E-state index contributed by atoms with van der Waals surface area (Å²) in [6.07, 6.45) is 6.62. The summed E-state index contributed by atoms with van der Waals surface area (Å²) in [6, 6.07) is 16.2. The molecule has 7 nitrogen and oxygen atoms in total. The van der Waals surface area contributed by atoms with Crippen molar-refractivity contribution in [3.8, 4) is 0 Å². The van der Waals surface area contributed by atoms with Crippen molar-refractivity contribution in [3.63, 3.8) is 0 Å². The molecule has 39 heavy (non-hydrogen) atoms. The van der Waals surface area contributed by atoms with Gasteiger partial charge in [-0.05, 0) is 87.5 Å². The number of fused-ring (bicyclic) bond motifs is 1. The number of rotatable bonds is 13. The van der Waals surface area contributed by atoms with Gasteiger partial charge in [0.05, 0.1) is 17.8 Å². The molecular formula is C32H47N5O2. The topological polar surface area (TPSA) is 76.7 Å². The number of amides is 1. The lowest BCUT2D eigenvalue weighted by Crippen LogP contribution is -2.54. The second-order valence-corrected chi connectivity index (χ2v) is 11.4. The van der Waals surface area contributed by atoms with Gasteiger partial charge in [-0.2, -0.15) is 0 Å². The molecule has 2 aromatic carbocycles. The summed E-state index contributed by atoms with van der Waals surface area (Å²) < 4.78 is 0. The van der Waals surface area contributed by atoms with Gasteiger partial charge < -0.3 is 25.3 Å². The van der Waals surface area contributed by atoms with E-state index < -0.39 is 6.04 Å². The van der Waals surface area contributed by atoms with Crippen LogP contribution in [0.25, 0.3) is 0 Å². The van der Waals surface area contributed by atoms with E-state index in [-0.39, 0.29) is 23.8 Å². The van der Waals surface area contributed by atoms with Gasteiger partial charge in [0.2, 0.25) is 5.91 Å². The van der Waals surface area contributed by atoms with Crippen LogP contribution in [0.4, 0.5) is 5.69 Å². The third-order valence-corrected chi connectivity index (χ3v) is 8.93. The highest BCUT2D eigenvalue weighted by molar-refractivity contribution is 5.85. The van der Waals surface area contributed by atoms with E-state index in [1.165, 1.54) is 11.1 Å². The maximum Gasteiger partial charge on any atom is 0.240 e. The first-order valence-corrected chi connectivity index (χ1v) is 14.8. The molecule has 3 N–H and O–H groups in total. The van der Waals surface area contributed by atoms with E-state index in [0.29, 0.717) is 12.6 Å². The Kier molecular flexibility index (Phi) is 10.5. The first-order chi connectivity index (χ1) is 19.0. The number of hydrogen-bond acceptors (Lipinski definition) is 6. The molecule has 4 rings (SSSR count). The van der Waals surface area contributed by atoms with Crippen LogP contribution in [0.3, 0.4) is 0 Å². The maximum atomic E-state index is 14.4. The summed E-state index contributed by atoms with van der Waals surface area (Å²) in [5.41, 5.74) is 11.6. The van der Waals surface area contributed by atoms with Crippen LogP contribution >= 0.6 is 0 Å². The zero-order chi connectivity index (χ0) is 27.8. The number of piperidine rings is 1. The molecule has 1 amide bonds. The number of likely N-dealkylation sites (tertiary alicyclic amines) is 1. The number of hydrogen-bond donors (Lipinski definition) is 3. The van der Waals surface area contributed by atoms with Crippen molar-refractivity contribution in [1.82, 2.24) is 20.5 Å². The summed E-state index contributed by atoms with van der Waals surface area (Å²) >= 11 is 0. The Bertz CT molecular complexity index is 1050. The lowest BCUT2D eigenvalue weighted by molar-refractivity contribution is -0.142. The molecule has 1 fully saturated rings. The molecule has 2 aromatic rings. The molecule has 1 aliphatic carbocycles. The highest BCUT2D eigenvalue weighted by Crippen LogP contribution is 2.31. The molecule has 0 bridgehead atoms. The van der Waals surface area contributed by atoms with Crippen LogP contribution in [0.2, 0.25) is 0 Å². The Morgan fingerprint density at radius 2 is 1.64 bits per heavy atom. The lowest BCUT2D eigenvalue weighted by atomic mass is 9.90. The molecular weight excluding hydrogens is 486 g/mol. The Morgan fingerprint density at radius 1 is 1.03 bits per heavy atom. The number of nitrogens with one attached hydrogen (secondary N) is 3. The number of aldehydes is 1. The van der Waals surface area contributed by atoms with Gasteiger partial charge >= 0.3 is 0 Å². The fourth-order valence-electron chi connectivity index (χ4n) is 6.41. The van der Waals surface area contributed by atoms with E-state index in [2.05, 4.69) is 78.4 Å². The van der Waals surface area contributed by atoms with E-state index in [1.54, 1.807) is 0 Å². The van der Waals surface area contributed by atoms with Crippen LogP contribution in [-0.2, 0) is 29.0 Å². The van der Waals surface area contributed by atoms with Crippen molar-refractivity contribution < 1.29 is 9.59 Å². The van der Waals surface area contributed by atoms with Gasteiger partial charge in [-0.1, -0.05) is 69.2 Å². The van der Waals surface area contributed by atoms with E-state index >= 15 is 0 Å². The summed E-state index contributed by atoms with van der Waals surface area (Å²) in [5.74, 6) is 0.287. The number of benzene rings is 2. The molecule has 212 valence electrons. The van der Waals surface area contributed by atoms with Crippen LogP contribution in [0.1, 0.15) is 56.2 Å². The number of carbonyl (C=O) groups excluding carboxylic acids is 2. The molecule has 1 aliphatic heterocycles. The Labute approximate surface area is 234 Å². The van der Waals surface area contributed by atoms with Gasteiger partial charge in [0.25, 0.3) is 0 Å². The average Bonchev–Trinajstić information content (AvgIpc) is 3.39. The average molecular weight is 534 g/mol. The minimum Gasteiger partial charge on any atom is -0.327 e. The van der Waals surface area contributed by atoms with Gasteiger partial charge in [-0.3, -0.25) is 4.79 Å². The predicted molar refractivity (Wildman–Crippen MR) is 158 cm³/mol. The Morgan fingerprint density at radius 3 is 2.23 bits per heavy atom. The molecule has 0 radical (unpaired) electrons. The van der Waals surface area contributed by atoms with E-state index in [0.717, 1.165) is 69.2 Å². The number of likely N-dealkylation sites (N-methyl/N-ethyl adjacent to an activating group) is 1. The quantitative estimate of drug-likeness (QED) is 0.267. The normalized spacial score (nSPS) is 18.1. The van der Waals surface area contributed by atoms with Gasteiger partial charge in [0, 0.05) is 12.6 Å². The predicted octanol–water partition coefficient (Wildman–Crippen LogP) is 4.03. The van der Waals surface area contributed by atoms with Crippen molar-refractivity contribution in [3.05, 3.63) is 65.2 Å². The van der Waals surface area contributed by atoms with Gasteiger partial charge in [0.15, 0.2) is 0 Å². The van der Waals surface area contributed by atoms with Crippen LogP contribution in [0, 0.1) is 11.8 Å². The van der Waals surface area contributed by atoms with Gasteiger partial charge in [0.1, 0.15) is 6.29 Å². The third-order valence-electron chi connectivity index (χ3n) is 8.93. The fraction of sp³-hybridized carbons (Fsp3) is 0.562. The van der Waals surface area contributed by atoms with Crippen molar-refractivity contribution in [2.24, 2.45) is 11.8 Å². The molecule has 7 heteroatoms. The number of anilines is 1. The SMILES string of the molecule is CCC(CC)C(C=O)N(Cc1ccccc1NNC1CCN(C)CC1)C(=O)C(NC)C1Cc2ccccc2C1. The Hall–Kier alpha value is -2.74. The van der Waals surface area contributed by atoms with Gasteiger partial charge in [-0.15, -0.1) is 0 Å². The summed E-state index contributed by atoms with van der Waals surface area (Å²) in [6.45, 7) is 6.76. The fourth-order valence-corrected chi connectivity index (χ4v) is 6.41. The summed E-state index contributed by atoms with van der Waals surface area (Å²) in [4.78, 5) is 31.2. The maximum absolute atomic E-state index is 14.4. The summed E-state index contributed by atoms with van der Waals surface area (Å²) in [7, 11) is 4.04. The van der Waals surface area contributed by atoms with E-state index in [9.17, 15) is 9.59 Å². The molecule has 0 spiro atoms. The minimum atomic E-state index is -0.470. The molecule has 2 atom stereocenters. The molecule has 1 saturated heterocycles. The lowest BCUT2D eigenvalue weighted by Gasteiger charge is -2.37. The van der Waals surface area contributed by atoms with E-state index in [1.807, 2.05) is 24.1 Å². The smallest absolute Gasteiger partial charge is 0.240 e. The first-order valence-electron chi connectivity index (χ1n) is 14.8. The monoisotopic (exact) mass is 533 g/mol. The van der Waals surface area contributed by atoms with Crippen molar-refractivity contribution >= 4 is 17.9 Å². The Balaban J connectivity index is 1.57. The number of para-hydroxylation sites is 1. The summed E-state index contributed by atoms with van der Waals surface area (Å²) in [5, 5.41) is 3.35. The van der Waals surface area contributed by atoms with Gasteiger partial charge in [-0.25, -0.2) is 5.43 Å². The number of hydrazine groups is 1. The highest BCUT2D eigenvalue weighted by Gasteiger charge is 2.38. The highest BCUT2D eigenvalue weighted by atomic mass is 16.2. The molecule has 1 heterocycles. The molecule has 0 aromatic heterocycles. The van der Waals surface area contributed by atoms with Crippen LogP contribution in [0.15, 0.2) is 48.5 Å². The molecule has 0 saturated carbocycles. The van der Waals surface area contributed by atoms with Crippen molar-refractivity contribution in [2.75, 3.05) is 32.6 Å². The van der Waals surface area contributed by atoms with Crippen LogP contribution in [-0.4, -0.2) is 67.3 Å². The number of nitrogens with zero attached hydrogens (tertiary/aromatic N) is 2. The zero-order valence-corrected chi connectivity index (χ0v) is 24.2. The standard InChI is InChI=1S/C32H47N5O2/c1-5-23(6-2)30(22-38)37(32(39)31(33-3)27-19-24-11-7-8-12-25(24)20-27)21-26-13-9-10-14-29(26)35-34-28-15-17-36(4)18-16-28/h7-14,22-23,27-28,30-31,33-35H,5-6,15-21H2,1-4H3. The number of carbonyl (C=O) groups is 2. The minimum absolute atomic E-state index is 0.0115. The third kappa shape index (κ3) is 7.07.